The molecule has 5 nitrogen and oxygen atoms in total. The van der Waals surface area contributed by atoms with Gasteiger partial charge in [0.2, 0.25) is 0 Å². The van der Waals surface area contributed by atoms with E-state index in [1.54, 1.807) is 7.11 Å². The molecule has 0 radical (unpaired) electrons. The van der Waals surface area contributed by atoms with Gasteiger partial charge in [-0.05, 0) is 43.5 Å². The number of rotatable bonds is 3. The van der Waals surface area contributed by atoms with Crippen molar-refractivity contribution < 1.29 is 4.74 Å². The molecule has 0 amide bonds. The maximum atomic E-state index is 9.51. The Hall–Kier alpha value is -3.26. The van der Waals surface area contributed by atoms with E-state index in [1.807, 2.05) is 53.2 Å². The predicted molar refractivity (Wildman–Crippen MR) is 102 cm³/mol. The molecule has 0 aliphatic carbocycles. The Morgan fingerprint density at radius 3 is 2.77 bits per heavy atom. The number of methoxy groups -OCH3 is 1. The quantitative estimate of drug-likeness (QED) is 0.775. The Kier molecular flexibility index (Phi) is 4.32. The van der Waals surface area contributed by atoms with Gasteiger partial charge in [0.05, 0.1) is 18.4 Å². The van der Waals surface area contributed by atoms with Crippen LogP contribution in [-0.4, -0.2) is 23.4 Å². The SMILES string of the molecule is COc1ccccc1-c1nn(-c2ccccc2C#N)c2c1CCCCN2. The predicted octanol–water partition coefficient (Wildman–Crippen LogP) is 4.17. The van der Waals surface area contributed by atoms with E-state index in [4.69, 9.17) is 9.84 Å². The van der Waals surface area contributed by atoms with Crippen LogP contribution in [0.5, 0.6) is 5.75 Å². The van der Waals surface area contributed by atoms with Crippen LogP contribution in [0.1, 0.15) is 24.0 Å². The fourth-order valence-corrected chi connectivity index (χ4v) is 3.49. The van der Waals surface area contributed by atoms with Crippen molar-refractivity contribution in [2.24, 2.45) is 0 Å². The highest BCUT2D eigenvalue weighted by Crippen LogP contribution is 2.38. The van der Waals surface area contributed by atoms with E-state index >= 15 is 0 Å². The highest BCUT2D eigenvalue weighted by atomic mass is 16.5. The van der Waals surface area contributed by atoms with Crippen LogP contribution in [0.25, 0.3) is 16.9 Å². The summed E-state index contributed by atoms with van der Waals surface area (Å²) in [6.45, 7) is 0.902. The molecule has 1 N–H and O–H groups in total. The summed E-state index contributed by atoms with van der Waals surface area (Å²) >= 11 is 0. The summed E-state index contributed by atoms with van der Waals surface area (Å²) in [4.78, 5) is 0. The van der Waals surface area contributed by atoms with E-state index in [0.717, 1.165) is 54.3 Å². The van der Waals surface area contributed by atoms with Crippen LogP contribution in [0.15, 0.2) is 48.5 Å². The maximum absolute atomic E-state index is 9.51. The van der Waals surface area contributed by atoms with E-state index in [0.29, 0.717) is 5.56 Å². The number of fused-ring (bicyclic) bond motifs is 1. The summed E-state index contributed by atoms with van der Waals surface area (Å²) in [5.74, 6) is 1.78. The van der Waals surface area contributed by atoms with Gasteiger partial charge in [-0.3, -0.25) is 0 Å². The normalized spacial score (nSPS) is 13.2. The molecule has 0 spiro atoms. The average Bonchev–Trinajstić information content (AvgIpc) is 2.88. The molecule has 5 heteroatoms. The summed E-state index contributed by atoms with van der Waals surface area (Å²) in [6.07, 6.45) is 3.16. The summed E-state index contributed by atoms with van der Waals surface area (Å²) in [5, 5.41) is 17.9. The molecular formula is C21H20N4O. The van der Waals surface area contributed by atoms with Gasteiger partial charge in [0.15, 0.2) is 0 Å². The number of para-hydroxylation sites is 2. The van der Waals surface area contributed by atoms with Crippen LogP contribution in [0.3, 0.4) is 0 Å². The van der Waals surface area contributed by atoms with E-state index < -0.39 is 0 Å². The second kappa shape index (κ2) is 6.93. The Morgan fingerprint density at radius 2 is 1.92 bits per heavy atom. The fraction of sp³-hybridized carbons (Fsp3) is 0.238. The topological polar surface area (TPSA) is 62.9 Å². The van der Waals surface area contributed by atoms with Gasteiger partial charge in [-0.1, -0.05) is 24.3 Å². The van der Waals surface area contributed by atoms with E-state index in [2.05, 4.69) is 11.4 Å². The van der Waals surface area contributed by atoms with Gasteiger partial charge in [0.25, 0.3) is 0 Å². The highest BCUT2D eigenvalue weighted by Gasteiger charge is 2.24. The van der Waals surface area contributed by atoms with Crippen molar-refractivity contribution in [2.75, 3.05) is 19.0 Å². The fourth-order valence-electron chi connectivity index (χ4n) is 3.49. The Balaban J connectivity index is 1.97. The molecule has 2 heterocycles. The minimum absolute atomic E-state index is 0.607. The zero-order valence-corrected chi connectivity index (χ0v) is 14.7. The first kappa shape index (κ1) is 16.2. The monoisotopic (exact) mass is 344 g/mol. The lowest BCUT2D eigenvalue weighted by molar-refractivity contribution is 0.416. The van der Waals surface area contributed by atoms with Gasteiger partial charge < -0.3 is 10.1 Å². The molecule has 3 aromatic rings. The molecule has 0 bridgehead atoms. The van der Waals surface area contributed by atoms with Gasteiger partial charge in [-0.2, -0.15) is 10.4 Å². The number of hydrogen-bond acceptors (Lipinski definition) is 4. The maximum Gasteiger partial charge on any atom is 0.133 e. The molecule has 2 aromatic carbocycles. The average molecular weight is 344 g/mol. The third kappa shape index (κ3) is 2.70. The molecular weight excluding hydrogens is 324 g/mol. The lowest BCUT2D eigenvalue weighted by Crippen LogP contribution is -2.08. The molecule has 0 saturated carbocycles. The second-order valence-electron chi connectivity index (χ2n) is 6.30. The number of aromatic nitrogens is 2. The largest absolute Gasteiger partial charge is 0.496 e. The van der Waals surface area contributed by atoms with Crippen molar-refractivity contribution in [1.82, 2.24) is 9.78 Å². The molecule has 1 aliphatic heterocycles. The molecule has 1 aliphatic rings. The zero-order chi connectivity index (χ0) is 17.9. The van der Waals surface area contributed by atoms with Crippen molar-refractivity contribution in [3.63, 3.8) is 0 Å². The van der Waals surface area contributed by atoms with Crippen molar-refractivity contribution in [2.45, 2.75) is 19.3 Å². The van der Waals surface area contributed by atoms with Gasteiger partial charge in [0, 0.05) is 17.7 Å². The van der Waals surface area contributed by atoms with Crippen molar-refractivity contribution >= 4 is 5.82 Å². The van der Waals surface area contributed by atoms with Crippen molar-refractivity contribution in [1.29, 1.82) is 5.26 Å². The van der Waals surface area contributed by atoms with Crippen LogP contribution in [0, 0.1) is 11.3 Å². The molecule has 0 saturated heterocycles. The minimum atomic E-state index is 0.607. The molecule has 4 rings (SSSR count). The summed E-state index contributed by atoms with van der Waals surface area (Å²) < 4.78 is 7.44. The van der Waals surface area contributed by atoms with Gasteiger partial charge >= 0.3 is 0 Å². The van der Waals surface area contributed by atoms with Gasteiger partial charge in [-0.15, -0.1) is 0 Å². The van der Waals surface area contributed by atoms with Gasteiger partial charge in [0.1, 0.15) is 23.3 Å². The first-order chi connectivity index (χ1) is 12.8. The number of hydrogen-bond donors (Lipinski definition) is 1. The standard InChI is InChI=1S/C21H20N4O/c1-26-19-12-5-3-9-16(19)20-17-10-6-7-13-23-21(17)25(24-20)18-11-4-2-8-15(18)14-22/h2-5,8-9,11-12,23H,6-7,10,13H2,1H3. The lowest BCUT2D eigenvalue weighted by Gasteiger charge is -2.10. The van der Waals surface area contributed by atoms with E-state index in [9.17, 15) is 5.26 Å². The van der Waals surface area contributed by atoms with Crippen LogP contribution >= 0.6 is 0 Å². The Bertz CT molecular complexity index is 984. The molecule has 26 heavy (non-hydrogen) atoms. The number of nitriles is 1. The number of benzene rings is 2. The lowest BCUT2D eigenvalue weighted by atomic mass is 10.0. The van der Waals surface area contributed by atoms with Crippen LogP contribution in [0.4, 0.5) is 5.82 Å². The number of anilines is 1. The number of ether oxygens (including phenoxy) is 1. The number of nitrogens with one attached hydrogen (secondary N) is 1. The summed E-state index contributed by atoms with van der Waals surface area (Å²) in [5.41, 5.74) is 4.47. The molecule has 0 unspecified atom stereocenters. The third-order valence-corrected chi connectivity index (χ3v) is 4.74. The summed E-state index contributed by atoms with van der Waals surface area (Å²) in [6, 6.07) is 17.8. The first-order valence-electron chi connectivity index (χ1n) is 8.82. The zero-order valence-electron chi connectivity index (χ0n) is 14.7. The van der Waals surface area contributed by atoms with Crippen LogP contribution < -0.4 is 10.1 Å². The summed E-state index contributed by atoms with van der Waals surface area (Å²) in [7, 11) is 1.68. The minimum Gasteiger partial charge on any atom is -0.496 e. The smallest absolute Gasteiger partial charge is 0.133 e. The molecule has 0 fully saturated rings. The number of nitrogens with zero attached hydrogens (tertiary/aromatic N) is 3. The highest BCUT2D eigenvalue weighted by molar-refractivity contribution is 5.76. The van der Waals surface area contributed by atoms with E-state index in [1.165, 1.54) is 5.56 Å². The molecule has 130 valence electrons. The Morgan fingerprint density at radius 1 is 1.12 bits per heavy atom. The van der Waals surface area contributed by atoms with Crippen molar-refractivity contribution in [3.8, 4) is 28.8 Å². The first-order valence-corrected chi connectivity index (χ1v) is 8.82. The van der Waals surface area contributed by atoms with Crippen LogP contribution in [-0.2, 0) is 6.42 Å². The Labute approximate surface area is 152 Å². The second-order valence-corrected chi connectivity index (χ2v) is 6.30. The third-order valence-electron chi connectivity index (χ3n) is 4.74. The van der Waals surface area contributed by atoms with Crippen molar-refractivity contribution in [3.05, 3.63) is 59.7 Å². The molecule has 0 atom stereocenters. The molecule has 1 aromatic heterocycles. The van der Waals surface area contributed by atoms with E-state index in [-0.39, 0.29) is 0 Å². The van der Waals surface area contributed by atoms with Crippen LogP contribution in [0.2, 0.25) is 0 Å². The van der Waals surface area contributed by atoms with Gasteiger partial charge in [-0.25, -0.2) is 4.68 Å².